The van der Waals surface area contributed by atoms with E-state index >= 15 is 0 Å². The summed E-state index contributed by atoms with van der Waals surface area (Å²) in [4.78, 5) is 0. The Balaban J connectivity index is 1.96. The lowest BCUT2D eigenvalue weighted by molar-refractivity contribution is 0.405. The van der Waals surface area contributed by atoms with Gasteiger partial charge in [0.1, 0.15) is 5.75 Å². The summed E-state index contributed by atoms with van der Waals surface area (Å²) in [6, 6.07) is 7.06. The Hall–Kier alpha value is -0.670. The minimum Gasteiger partial charge on any atom is -0.496 e. The van der Waals surface area contributed by atoms with Gasteiger partial charge in [0.05, 0.1) is 7.11 Å². The van der Waals surface area contributed by atoms with Crippen LogP contribution < -0.4 is 10.1 Å². The molecule has 1 aliphatic carbocycles. The molecule has 1 aromatic rings. The normalized spacial score (nSPS) is 22.7. The molecule has 1 N–H and O–H groups in total. The van der Waals surface area contributed by atoms with Crippen LogP contribution in [0.5, 0.6) is 5.75 Å². The molecule has 0 amide bonds. The average Bonchev–Trinajstić information content (AvgIpc) is 2.84. The van der Waals surface area contributed by atoms with Crippen LogP contribution in [0.2, 0.25) is 0 Å². The highest BCUT2D eigenvalue weighted by atomic mass is 32.2. The molecule has 0 aliphatic heterocycles. The Labute approximate surface area is 121 Å². The van der Waals surface area contributed by atoms with Crippen LogP contribution in [-0.2, 0) is 6.54 Å². The third kappa shape index (κ3) is 3.90. The predicted octanol–water partition coefficient (Wildman–Crippen LogP) is 3.77. The molecule has 19 heavy (non-hydrogen) atoms. The number of rotatable bonds is 6. The average molecular weight is 279 g/mol. The summed E-state index contributed by atoms with van der Waals surface area (Å²) in [7, 11) is 1.75. The van der Waals surface area contributed by atoms with E-state index in [4.69, 9.17) is 4.74 Å². The molecule has 0 heterocycles. The van der Waals surface area contributed by atoms with E-state index in [1.165, 1.54) is 36.1 Å². The van der Waals surface area contributed by atoms with Gasteiger partial charge in [-0.25, -0.2) is 0 Å². The highest BCUT2D eigenvalue weighted by molar-refractivity contribution is 7.99. The van der Waals surface area contributed by atoms with Crippen molar-refractivity contribution in [1.82, 2.24) is 5.32 Å². The van der Waals surface area contributed by atoms with Gasteiger partial charge >= 0.3 is 0 Å². The van der Waals surface area contributed by atoms with Crippen molar-refractivity contribution in [3.8, 4) is 5.75 Å². The van der Waals surface area contributed by atoms with Crippen LogP contribution >= 0.6 is 11.8 Å². The summed E-state index contributed by atoms with van der Waals surface area (Å²) >= 11 is 2.10. The lowest BCUT2D eigenvalue weighted by Gasteiger charge is -2.21. The fourth-order valence-corrected chi connectivity index (χ4v) is 4.09. The molecule has 1 aliphatic rings. The van der Waals surface area contributed by atoms with E-state index in [2.05, 4.69) is 49.1 Å². The Kier molecular flexibility index (Phi) is 5.59. The van der Waals surface area contributed by atoms with Gasteiger partial charge in [-0.3, -0.25) is 0 Å². The predicted molar refractivity (Wildman–Crippen MR) is 84.1 cm³/mol. The van der Waals surface area contributed by atoms with Crippen molar-refractivity contribution >= 4 is 11.8 Å². The van der Waals surface area contributed by atoms with Gasteiger partial charge in [-0.1, -0.05) is 31.0 Å². The molecule has 2 nitrogen and oxygen atoms in total. The van der Waals surface area contributed by atoms with Crippen molar-refractivity contribution in [3.05, 3.63) is 29.3 Å². The number of ether oxygens (including phenoxy) is 1. The molecule has 0 spiro atoms. The lowest BCUT2D eigenvalue weighted by atomic mass is 10.1. The SMILES string of the molecule is CCSC1CCCC1NCc1cc(C)ccc1OC. The fraction of sp³-hybridized carbons (Fsp3) is 0.625. The largest absolute Gasteiger partial charge is 0.496 e. The Morgan fingerprint density at radius 2 is 2.21 bits per heavy atom. The minimum absolute atomic E-state index is 0.662. The van der Waals surface area contributed by atoms with Gasteiger partial charge < -0.3 is 10.1 Å². The first-order valence-electron chi connectivity index (χ1n) is 7.23. The van der Waals surface area contributed by atoms with Crippen LogP contribution in [-0.4, -0.2) is 24.2 Å². The van der Waals surface area contributed by atoms with E-state index in [1.807, 2.05) is 0 Å². The smallest absolute Gasteiger partial charge is 0.123 e. The summed E-state index contributed by atoms with van der Waals surface area (Å²) in [5.74, 6) is 2.21. The number of methoxy groups -OCH3 is 1. The first-order chi connectivity index (χ1) is 9.24. The molecule has 2 atom stereocenters. The van der Waals surface area contributed by atoms with Gasteiger partial charge in [0, 0.05) is 23.4 Å². The Morgan fingerprint density at radius 3 is 2.95 bits per heavy atom. The molecule has 0 saturated heterocycles. The van der Waals surface area contributed by atoms with Gasteiger partial charge in [-0.05, 0) is 31.6 Å². The van der Waals surface area contributed by atoms with E-state index in [-0.39, 0.29) is 0 Å². The third-order valence-corrected chi connectivity index (χ3v) is 5.15. The summed E-state index contributed by atoms with van der Waals surface area (Å²) in [6.07, 6.45) is 4.03. The summed E-state index contributed by atoms with van der Waals surface area (Å²) in [5, 5.41) is 4.53. The maximum absolute atomic E-state index is 5.44. The standard InChI is InChI=1S/C16H25NOS/c1-4-19-16-7-5-6-14(16)17-11-13-10-12(2)8-9-15(13)18-3/h8-10,14,16-17H,4-7,11H2,1-3H3. The molecule has 106 valence electrons. The van der Waals surface area contributed by atoms with Crippen molar-refractivity contribution in [2.75, 3.05) is 12.9 Å². The van der Waals surface area contributed by atoms with Crippen LogP contribution in [0.25, 0.3) is 0 Å². The zero-order valence-corrected chi connectivity index (χ0v) is 13.1. The molecule has 1 saturated carbocycles. The molecule has 2 rings (SSSR count). The minimum atomic E-state index is 0.662. The summed E-state index contributed by atoms with van der Waals surface area (Å²) < 4.78 is 5.44. The first kappa shape index (κ1) is 14.7. The number of benzene rings is 1. The van der Waals surface area contributed by atoms with E-state index < -0.39 is 0 Å². The number of aryl methyl sites for hydroxylation is 1. The molecular formula is C16H25NOS. The number of hydrogen-bond acceptors (Lipinski definition) is 3. The first-order valence-corrected chi connectivity index (χ1v) is 8.28. The zero-order chi connectivity index (χ0) is 13.7. The highest BCUT2D eigenvalue weighted by Crippen LogP contribution is 2.30. The highest BCUT2D eigenvalue weighted by Gasteiger charge is 2.26. The summed E-state index contributed by atoms with van der Waals surface area (Å²) in [5.41, 5.74) is 2.57. The van der Waals surface area contributed by atoms with Crippen molar-refractivity contribution in [2.24, 2.45) is 0 Å². The molecule has 0 radical (unpaired) electrons. The van der Waals surface area contributed by atoms with Gasteiger partial charge in [-0.15, -0.1) is 0 Å². The topological polar surface area (TPSA) is 21.3 Å². The molecule has 0 bridgehead atoms. The number of thioether (sulfide) groups is 1. The Bertz CT molecular complexity index is 408. The second kappa shape index (κ2) is 7.20. The maximum atomic E-state index is 5.44. The second-order valence-corrected chi connectivity index (χ2v) is 6.74. The zero-order valence-electron chi connectivity index (χ0n) is 12.2. The fourth-order valence-electron chi connectivity index (χ4n) is 2.86. The van der Waals surface area contributed by atoms with Crippen molar-refractivity contribution in [3.63, 3.8) is 0 Å². The van der Waals surface area contributed by atoms with Crippen LogP contribution in [0, 0.1) is 6.92 Å². The van der Waals surface area contributed by atoms with Crippen molar-refractivity contribution in [1.29, 1.82) is 0 Å². The van der Waals surface area contributed by atoms with Gasteiger partial charge in [0.15, 0.2) is 0 Å². The maximum Gasteiger partial charge on any atom is 0.123 e. The quantitative estimate of drug-likeness (QED) is 0.856. The van der Waals surface area contributed by atoms with Gasteiger partial charge in [0.2, 0.25) is 0 Å². The Morgan fingerprint density at radius 1 is 1.37 bits per heavy atom. The van der Waals surface area contributed by atoms with Crippen LogP contribution in [0.1, 0.15) is 37.3 Å². The molecule has 1 aromatic carbocycles. The van der Waals surface area contributed by atoms with Gasteiger partial charge in [0.25, 0.3) is 0 Å². The molecule has 1 fully saturated rings. The second-order valence-electron chi connectivity index (χ2n) is 5.23. The molecule has 0 aromatic heterocycles. The monoisotopic (exact) mass is 279 g/mol. The van der Waals surface area contributed by atoms with Gasteiger partial charge in [-0.2, -0.15) is 11.8 Å². The lowest BCUT2D eigenvalue weighted by Crippen LogP contribution is -2.33. The summed E-state index contributed by atoms with van der Waals surface area (Å²) in [6.45, 7) is 5.30. The number of hydrogen-bond donors (Lipinski definition) is 1. The number of nitrogens with one attached hydrogen (secondary N) is 1. The van der Waals surface area contributed by atoms with E-state index in [9.17, 15) is 0 Å². The van der Waals surface area contributed by atoms with E-state index in [1.54, 1.807) is 7.11 Å². The van der Waals surface area contributed by atoms with Crippen LogP contribution in [0.4, 0.5) is 0 Å². The molecule has 3 heteroatoms. The van der Waals surface area contributed by atoms with E-state index in [0.717, 1.165) is 17.5 Å². The van der Waals surface area contributed by atoms with Crippen LogP contribution in [0.15, 0.2) is 18.2 Å². The van der Waals surface area contributed by atoms with Crippen LogP contribution in [0.3, 0.4) is 0 Å². The van der Waals surface area contributed by atoms with E-state index in [0.29, 0.717) is 6.04 Å². The third-order valence-electron chi connectivity index (χ3n) is 3.82. The molecular weight excluding hydrogens is 254 g/mol. The molecule has 2 unspecified atom stereocenters. The van der Waals surface area contributed by atoms with Crippen molar-refractivity contribution < 1.29 is 4.74 Å². The van der Waals surface area contributed by atoms with Crippen molar-refractivity contribution in [2.45, 2.75) is 50.9 Å².